The minimum atomic E-state index is -0.426. The third-order valence-electron chi connectivity index (χ3n) is 4.91. The van der Waals surface area contributed by atoms with Gasteiger partial charge in [0.25, 0.3) is 0 Å². The first kappa shape index (κ1) is 22.2. The molecule has 1 N–H and O–H groups in total. The predicted octanol–water partition coefficient (Wildman–Crippen LogP) is 4.30. The van der Waals surface area contributed by atoms with Gasteiger partial charge in [0.15, 0.2) is 0 Å². The number of rotatable bonds is 11. The molecule has 28 heavy (non-hydrogen) atoms. The van der Waals surface area contributed by atoms with Gasteiger partial charge in [0, 0.05) is 13.7 Å². The summed E-state index contributed by atoms with van der Waals surface area (Å²) in [6.45, 7) is 6.93. The largest absolute Gasteiger partial charge is 0.449 e. The van der Waals surface area contributed by atoms with Crippen molar-refractivity contribution in [2.75, 3.05) is 33.4 Å². The molecule has 0 bridgehead atoms. The van der Waals surface area contributed by atoms with Gasteiger partial charge in [-0.25, -0.2) is 4.79 Å². The van der Waals surface area contributed by atoms with E-state index in [2.05, 4.69) is 48.4 Å². The van der Waals surface area contributed by atoms with Crippen LogP contribution in [0.1, 0.15) is 63.1 Å². The Balaban J connectivity index is 1.76. The Morgan fingerprint density at radius 1 is 1.11 bits per heavy atom. The average Bonchev–Trinajstić information content (AvgIpc) is 3.06. The summed E-state index contributed by atoms with van der Waals surface area (Å²) in [6.07, 6.45) is 5.89. The van der Waals surface area contributed by atoms with Gasteiger partial charge < -0.3 is 14.4 Å². The predicted molar refractivity (Wildman–Crippen MR) is 113 cm³/mol. The average molecular weight is 390 g/mol. The fraction of sp³-hybridized carbons (Fsp3) is 0.636. The minimum absolute atomic E-state index is 0.130. The zero-order valence-corrected chi connectivity index (χ0v) is 17.6. The highest BCUT2D eigenvalue weighted by Crippen LogP contribution is 2.24. The highest BCUT2D eigenvalue weighted by atomic mass is 16.5. The van der Waals surface area contributed by atoms with E-state index in [9.17, 15) is 4.79 Å². The number of alkyl carbamates (subject to hydrolysis) is 1. The van der Waals surface area contributed by atoms with E-state index >= 15 is 0 Å². The summed E-state index contributed by atoms with van der Waals surface area (Å²) in [7, 11) is 1.95. The molecule has 1 atom stereocenters. The van der Waals surface area contributed by atoms with Crippen LogP contribution in [0.15, 0.2) is 29.3 Å². The maximum absolute atomic E-state index is 12.0. The van der Waals surface area contributed by atoms with E-state index in [1.807, 2.05) is 11.9 Å². The third kappa shape index (κ3) is 7.15. The van der Waals surface area contributed by atoms with Crippen LogP contribution in [0.5, 0.6) is 0 Å². The van der Waals surface area contributed by atoms with Crippen LogP contribution in [0.25, 0.3) is 0 Å². The van der Waals surface area contributed by atoms with Crippen LogP contribution in [-0.4, -0.2) is 50.4 Å². The zero-order chi connectivity index (χ0) is 20.2. The number of carbonyl (C=O) groups excluding carboxylic acids is 1. The molecule has 6 heteroatoms. The summed E-state index contributed by atoms with van der Waals surface area (Å²) in [5.41, 5.74) is 2.46. The van der Waals surface area contributed by atoms with Crippen LogP contribution >= 0.6 is 0 Å². The molecule has 2 rings (SSSR count). The topological polar surface area (TPSA) is 63.2 Å². The van der Waals surface area contributed by atoms with Crippen molar-refractivity contribution in [3.63, 3.8) is 0 Å². The number of hydrogen-bond acceptors (Lipinski definition) is 5. The molecule has 1 heterocycles. The van der Waals surface area contributed by atoms with E-state index in [1.54, 1.807) is 0 Å². The normalized spacial score (nSPS) is 16.2. The molecule has 1 aromatic rings. The first-order valence-corrected chi connectivity index (χ1v) is 10.5. The Morgan fingerprint density at radius 2 is 1.89 bits per heavy atom. The minimum Gasteiger partial charge on any atom is -0.449 e. The fourth-order valence-electron chi connectivity index (χ4n) is 3.18. The number of ether oxygens (including phenoxy) is 2. The van der Waals surface area contributed by atoms with Gasteiger partial charge in [-0.2, -0.15) is 0 Å². The molecule has 0 saturated carbocycles. The zero-order valence-electron chi connectivity index (χ0n) is 17.6. The van der Waals surface area contributed by atoms with Gasteiger partial charge in [0.05, 0.1) is 25.8 Å². The van der Waals surface area contributed by atoms with Crippen LogP contribution in [0, 0.1) is 0 Å². The maximum atomic E-state index is 12.0. The highest BCUT2D eigenvalue weighted by molar-refractivity contribution is 5.94. The molecule has 0 fully saturated rings. The van der Waals surface area contributed by atoms with E-state index in [1.165, 1.54) is 24.0 Å². The molecule has 1 unspecified atom stereocenters. The summed E-state index contributed by atoms with van der Waals surface area (Å²) < 4.78 is 10.8. The Morgan fingerprint density at radius 3 is 2.61 bits per heavy atom. The van der Waals surface area contributed by atoms with E-state index in [0.29, 0.717) is 19.1 Å². The number of hydrogen-bond donors (Lipinski definition) is 1. The van der Waals surface area contributed by atoms with Crippen LogP contribution < -0.4 is 5.32 Å². The lowest BCUT2D eigenvalue weighted by Gasteiger charge is -2.23. The Bertz CT molecular complexity index is 616. The van der Waals surface area contributed by atoms with Crippen molar-refractivity contribution in [1.82, 2.24) is 10.2 Å². The number of benzene rings is 1. The number of amides is 1. The number of guanidine groups is 1. The maximum Gasteiger partial charge on any atom is 0.413 e. The van der Waals surface area contributed by atoms with E-state index in [-0.39, 0.29) is 6.04 Å². The number of carbonyl (C=O) groups is 1. The van der Waals surface area contributed by atoms with Crippen molar-refractivity contribution in [2.24, 2.45) is 4.99 Å². The van der Waals surface area contributed by atoms with E-state index in [4.69, 9.17) is 9.47 Å². The Hall–Kier alpha value is -2.08. The van der Waals surface area contributed by atoms with Gasteiger partial charge in [-0.15, -0.1) is 0 Å². The van der Waals surface area contributed by atoms with Crippen molar-refractivity contribution in [1.29, 1.82) is 0 Å². The van der Waals surface area contributed by atoms with Crippen molar-refractivity contribution >= 4 is 12.1 Å². The molecular weight excluding hydrogens is 354 g/mol. The first-order chi connectivity index (χ1) is 13.7. The molecule has 0 aliphatic carbocycles. The van der Waals surface area contributed by atoms with Gasteiger partial charge >= 0.3 is 6.09 Å². The third-order valence-corrected chi connectivity index (χ3v) is 4.91. The van der Waals surface area contributed by atoms with E-state index in [0.717, 1.165) is 38.9 Å². The molecule has 1 amide bonds. The SMILES string of the molecule is CCCCCCOC(=O)NC1=NCC(c2ccc(CCOCCC)cc2)N1C. The number of aliphatic imine (C=N–C) groups is 1. The molecule has 0 spiro atoms. The molecular formula is C22H35N3O3. The number of likely N-dealkylation sites (N-methyl/N-ethyl adjacent to an activating group) is 1. The second-order valence-electron chi connectivity index (χ2n) is 7.22. The summed E-state index contributed by atoms with van der Waals surface area (Å²) in [6, 6.07) is 8.70. The van der Waals surface area contributed by atoms with Gasteiger partial charge in [0.1, 0.15) is 0 Å². The van der Waals surface area contributed by atoms with Crippen molar-refractivity contribution in [3.8, 4) is 0 Å². The molecule has 0 radical (unpaired) electrons. The second kappa shape index (κ2) is 12.4. The lowest BCUT2D eigenvalue weighted by Crippen LogP contribution is -2.40. The molecule has 1 aliphatic rings. The van der Waals surface area contributed by atoms with Crippen molar-refractivity contribution in [3.05, 3.63) is 35.4 Å². The molecule has 6 nitrogen and oxygen atoms in total. The molecule has 0 aromatic heterocycles. The number of nitrogens with one attached hydrogen (secondary N) is 1. The summed E-state index contributed by atoms with van der Waals surface area (Å²) >= 11 is 0. The molecule has 1 aromatic carbocycles. The van der Waals surface area contributed by atoms with E-state index < -0.39 is 6.09 Å². The monoisotopic (exact) mass is 389 g/mol. The fourth-order valence-corrected chi connectivity index (χ4v) is 3.18. The van der Waals surface area contributed by atoms with Gasteiger partial charge in [0.2, 0.25) is 5.96 Å². The van der Waals surface area contributed by atoms with Crippen LogP contribution in [0.3, 0.4) is 0 Å². The number of unbranched alkanes of at least 4 members (excludes halogenated alkanes) is 3. The van der Waals surface area contributed by atoms with Crippen molar-refractivity contribution < 1.29 is 14.3 Å². The highest BCUT2D eigenvalue weighted by Gasteiger charge is 2.27. The van der Waals surface area contributed by atoms with Crippen molar-refractivity contribution in [2.45, 2.75) is 58.4 Å². The number of nitrogens with zero attached hydrogens (tertiary/aromatic N) is 2. The smallest absolute Gasteiger partial charge is 0.413 e. The molecule has 1 aliphatic heterocycles. The van der Waals surface area contributed by atoms with Crippen LogP contribution in [-0.2, 0) is 15.9 Å². The van der Waals surface area contributed by atoms with Gasteiger partial charge in [-0.1, -0.05) is 57.4 Å². The Labute approximate surface area is 169 Å². The first-order valence-electron chi connectivity index (χ1n) is 10.5. The summed E-state index contributed by atoms with van der Waals surface area (Å²) in [5, 5.41) is 2.77. The lowest BCUT2D eigenvalue weighted by atomic mass is 10.0. The van der Waals surface area contributed by atoms with Crippen LogP contribution in [0.4, 0.5) is 4.79 Å². The standard InChI is InChI=1S/C22H35N3O3/c1-4-6-7-8-15-28-22(26)24-21-23-17-20(25(21)3)19-11-9-18(10-12-19)13-16-27-14-5-2/h9-12,20H,4-8,13-17H2,1-3H3,(H,23,24,26). The molecule has 0 saturated heterocycles. The molecule has 156 valence electrons. The Kier molecular flexibility index (Phi) is 9.83. The second-order valence-corrected chi connectivity index (χ2v) is 7.22. The van der Waals surface area contributed by atoms with Gasteiger partial charge in [-0.3, -0.25) is 10.3 Å². The quantitative estimate of drug-likeness (QED) is 0.573. The van der Waals surface area contributed by atoms with Gasteiger partial charge in [-0.05, 0) is 30.4 Å². The summed E-state index contributed by atoms with van der Waals surface area (Å²) in [4.78, 5) is 18.4. The van der Waals surface area contributed by atoms with Crippen LogP contribution in [0.2, 0.25) is 0 Å². The lowest BCUT2D eigenvalue weighted by molar-refractivity contribution is 0.138. The summed E-state index contributed by atoms with van der Waals surface area (Å²) in [5.74, 6) is 0.570.